The minimum absolute atomic E-state index is 0.0531. The lowest BCUT2D eigenvalue weighted by Gasteiger charge is -2.15. The zero-order chi connectivity index (χ0) is 20.8. The van der Waals surface area contributed by atoms with Gasteiger partial charge in [0.2, 0.25) is 5.82 Å². The van der Waals surface area contributed by atoms with Crippen LogP contribution in [0.25, 0.3) is 11.1 Å². The van der Waals surface area contributed by atoms with Gasteiger partial charge in [-0.2, -0.15) is 13.2 Å². The molecule has 9 heteroatoms. The first-order chi connectivity index (χ1) is 13.7. The molecule has 146 valence electrons. The standard InChI is InChI=1S/C20H13F3N4O2/c1-11-6-12(13-8-24-19(25-9-13)20(21,22)23)7-14(26-11)10-27-17(28)15-4-2-3-5-16(15)18(27)29/h2-9H,10H2,1H3. The van der Waals surface area contributed by atoms with Crippen LogP contribution in [0, 0.1) is 6.92 Å². The summed E-state index contributed by atoms with van der Waals surface area (Å²) >= 11 is 0. The second-order valence-corrected chi connectivity index (χ2v) is 6.52. The van der Waals surface area contributed by atoms with Crippen molar-refractivity contribution in [1.29, 1.82) is 0 Å². The minimum atomic E-state index is -4.62. The van der Waals surface area contributed by atoms with Gasteiger partial charge in [0, 0.05) is 23.7 Å². The number of amides is 2. The number of carbonyl (C=O) groups excluding carboxylic acids is 2. The second-order valence-electron chi connectivity index (χ2n) is 6.52. The number of hydrogen-bond donors (Lipinski definition) is 0. The van der Waals surface area contributed by atoms with Crippen LogP contribution in [0.3, 0.4) is 0 Å². The highest BCUT2D eigenvalue weighted by atomic mass is 19.4. The molecule has 0 unspecified atom stereocenters. The highest BCUT2D eigenvalue weighted by molar-refractivity contribution is 6.21. The van der Waals surface area contributed by atoms with Gasteiger partial charge in [0.15, 0.2) is 0 Å². The third-order valence-corrected chi connectivity index (χ3v) is 4.44. The number of fused-ring (bicyclic) bond motifs is 1. The average molecular weight is 398 g/mol. The maximum atomic E-state index is 12.7. The van der Waals surface area contributed by atoms with Crippen LogP contribution in [0.5, 0.6) is 0 Å². The normalized spacial score (nSPS) is 13.7. The van der Waals surface area contributed by atoms with Gasteiger partial charge in [-0.3, -0.25) is 19.5 Å². The van der Waals surface area contributed by atoms with Crippen LogP contribution in [-0.2, 0) is 12.7 Å². The highest BCUT2D eigenvalue weighted by Gasteiger charge is 2.36. The van der Waals surface area contributed by atoms with Crippen molar-refractivity contribution in [2.24, 2.45) is 0 Å². The van der Waals surface area contributed by atoms with Gasteiger partial charge in [-0.1, -0.05) is 12.1 Å². The summed E-state index contributed by atoms with van der Waals surface area (Å²) in [5, 5.41) is 0. The summed E-state index contributed by atoms with van der Waals surface area (Å²) in [4.78, 5) is 37.2. The Morgan fingerprint density at radius 3 is 2.07 bits per heavy atom. The molecule has 1 aromatic carbocycles. The number of pyridine rings is 1. The van der Waals surface area contributed by atoms with Crippen LogP contribution in [0.4, 0.5) is 13.2 Å². The highest BCUT2D eigenvalue weighted by Crippen LogP contribution is 2.28. The van der Waals surface area contributed by atoms with Crippen LogP contribution >= 0.6 is 0 Å². The number of benzene rings is 1. The molecule has 6 nitrogen and oxygen atoms in total. The molecule has 2 amide bonds. The third kappa shape index (κ3) is 3.46. The van der Waals surface area contributed by atoms with E-state index in [0.29, 0.717) is 33.6 Å². The van der Waals surface area contributed by atoms with Crippen LogP contribution in [0.2, 0.25) is 0 Å². The van der Waals surface area contributed by atoms with Gasteiger partial charge in [0.25, 0.3) is 11.8 Å². The van der Waals surface area contributed by atoms with E-state index in [1.54, 1.807) is 43.3 Å². The van der Waals surface area contributed by atoms with Crippen molar-refractivity contribution in [3.05, 3.63) is 77.1 Å². The molecular weight excluding hydrogens is 385 g/mol. The maximum absolute atomic E-state index is 12.7. The quantitative estimate of drug-likeness (QED) is 0.630. The van der Waals surface area contributed by atoms with Gasteiger partial charge >= 0.3 is 6.18 Å². The number of aromatic nitrogens is 3. The second kappa shape index (κ2) is 6.77. The van der Waals surface area contributed by atoms with Crippen LogP contribution in [0.1, 0.15) is 37.9 Å². The Labute approximate surface area is 163 Å². The summed E-state index contributed by atoms with van der Waals surface area (Å²) in [6.07, 6.45) is -2.46. The molecule has 0 saturated heterocycles. The topological polar surface area (TPSA) is 76.1 Å². The molecule has 0 fully saturated rings. The summed E-state index contributed by atoms with van der Waals surface area (Å²) in [5.74, 6) is -2.04. The van der Waals surface area contributed by atoms with E-state index in [9.17, 15) is 22.8 Å². The van der Waals surface area contributed by atoms with Gasteiger partial charge in [0.1, 0.15) is 0 Å². The van der Waals surface area contributed by atoms with E-state index in [-0.39, 0.29) is 6.54 Å². The van der Waals surface area contributed by atoms with Crippen molar-refractivity contribution in [3.63, 3.8) is 0 Å². The largest absolute Gasteiger partial charge is 0.451 e. The number of alkyl halides is 3. The Hall–Kier alpha value is -3.62. The van der Waals surface area contributed by atoms with Crippen LogP contribution in [-0.4, -0.2) is 31.7 Å². The van der Waals surface area contributed by atoms with E-state index in [4.69, 9.17) is 0 Å². The van der Waals surface area contributed by atoms with Crippen molar-refractivity contribution in [2.75, 3.05) is 0 Å². The molecule has 3 heterocycles. The van der Waals surface area contributed by atoms with Gasteiger partial charge in [-0.05, 0) is 36.8 Å². The van der Waals surface area contributed by atoms with Crippen molar-refractivity contribution >= 4 is 11.8 Å². The van der Waals surface area contributed by atoms with Crippen molar-refractivity contribution in [3.8, 4) is 11.1 Å². The molecule has 1 aliphatic rings. The van der Waals surface area contributed by atoms with Crippen molar-refractivity contribution in [1.82, 2.24) is 19.9 Å². The lowest BCUT2D eigenvalue weighted by molar-refractivity contribution is -0.145. The Balaban J connectivity index is 1.63. The van der Waals surface area contributed by atoms with Crippen LogP contribution in [0.15, 0.2) is 48.8 Å². The number of aryl methyl sites for hydroxylation is 1. The molecule has 0 saturated carbocycles. The fourth-order valence-corrected chi connectivity index (χ4v) is 3.15. The third-order valence-electron chi connectivity index (χ3n) is 4.44. The summed E-state index contributed by atoms with van der Waals surface area (Å²) in [7, 11) is 0. The molecule has 0 bridgehead atoms. The monoisotopic (exact) mass is 398 g/mol. The molecule has 3 aromatic rings. The summed E-state index contributed by atoms with van der Waals surface area (Å²) in [6.45, 7) is 1.66. The van der Waals surface area contributed by atoms with E-state index < -0.39 is 23.8 Å². The zero-order valence-corrected chi connectivity index (χ0v) is 15.1. The molecule has 29 heavy (non-hydrogen) atoms. The van der Waals surface area contributed by atoms with Gasteiger partial charge < -0.3 is 0 Å². The first-order valence-electron chi connectivity index (χ1n) is 8.56. The average Bonchev–Trinajstić information content (AvgIpc) is 2.92. The Morgan fingerprint density at radius 2 is 1.52 bits per heavy atom. The number of halogens is 3. The first kappa shape index (κ1) is 18.7. The van der Waals surface area contributed by atoms with Crippen molar-refractivity contribution < 1.29 is 22.8 Å². The van der Waals surface area contributed by atoms with Crippen LogP contribution < -0.4 is 0 Å². The first-order valence-corrected chi connectivity index (χ1v) is 8.56. The van der Waals surface area contributed by atoms with E-state index in [1.165, 1.54) is 0 Å². The molecule has 2 aromatic heterocycles. The lowest BCUT2D eigenvalue weighted by Crippen LogP contribution is -2.29. The summed E-state index contributed by atoms with van der Waals surface area (Å²) in [6, 6.07) is 9.80. The molecule has 0 aliphatic carbocycles. The molecular formula is C20H13F3N4O2. The number of hydrogen-bond acceptors (Lipinski definition) is 5. The molecule has 0 atom stereocenters. The van der Waals surface area contributed by atoms with E-state index in [2.05, 4.69) is 15.0 Å². The maximum Gasteiger partial charge on any atom is 0.451 e. The Morgan fingerprint density at radius 1 is 0.931 bits per heavy atom. The minimum Gasteiger partial charge on any atom is -0.269 e. The van der Waals surface area contributed by atoms with Gasteiger partial charge in [0.05, 0.1) is 23.4 Å². The van der Waals surface area contributed by atoms with Gasteiger partial charge in [-0.15, -0.1) is 0 Å². The SMILES string of the molecule is Cc1cc(-c2cnc(C(F)(F)F)nc2)cc(CN2C(=O)c3ccccc3C2=O)n1. The Bertz CT molecular complexity index is 1090. The molecule has 0 spiro atoms. The smallest absolute Gasteiger partial charge is 0.269 e. The summed E-state index contributed by atoms with van der Waals surface area (Å²) < 4.78 is 38.0. The lowest BCUT2D eigenvalue weighted by atomic mass is 10.1. The number of nitrogens with zero attached hydrogens (tertiary/aromatic N) is 4. The fourth-order valence-electron chi connectivity index (χ4n) is 3.15. The number of imide groups is 1. The Kier molecular flexibility index (Phi) is 4.37. The van der Waals surface area contributed by atoms with Gasteiger partial charge in [-0.25, -0.2) is 9.97 Å². The molecule has 0 radical (unpaired) electrons. The van der Waals surface area contributed by atoms with E-state index >= 15 is 0 Å². The number of carbonyl (C=O) groups is 2. The zero-order valence-electron chi connectivity index (χ0n) is 15.1. The summed E-state index contributed by atoms with van der Waals surface area (Å²) in [5.41, 5.74) is 2.58. The predicted molar refractivity (Wildman–Crippen MR) is 95.6 cm³/mol. The fraction of sp³-hybridized carbons (Fsp3) is 0.150. The molecule has 4 rings (SSSR count). The van der Waals surface area contributed by atoms with E-state index in [1.807, 2.05) is 0 Å². The predicted octanol–water partition coefficient (Wildman–Crippen LogP) is 3.66. The number of rotatable bonds is 3. The molecule has 1 aliphatic heterocycles. The molecule has 0 N–H and O–H groups in total. The van der Waals surface area contributed by atoms with E-state index in [0.717, 1.165) is 17.3 Å². The van der Waals surface area contributed by atoms with Crippen molar-refractivity contribution in [2.45, 2.75) is 19.6 Å².